The van der Waals surface area contributed by atoms with Gasteiger partial charge in [0, 0.05) is 12.8 Å². The molecule has 4 rings (SSSR count). The fourth-order valence-corrected chi connectivity index (χ4v) is 4.42. The lowest BCUT2D eigenvalue weighted by Crippen LogP contribution is -2.11. The van der Waals surface area contributed by atoms with Crippen molar-refractivity contribution in [2.75, 3.05) is 13.2 Å². The van der Waals surface area contributed by atoms with Gasteiger partial charge in [0.25, 0.3) is 0 Å². The van der Waals surface area contributed by atoms with Crippen LogP contribution in [0.3, 0.4) is 0 Å². The first-order valence-electron chi connectivity index (χ1n) is 7.79. The molecule has 0 aromatic heterocycles. The standard InChI is InChI=1S/C18H18O4S/c19-23(20,16-6-2-1-3-7-16)18-8-4-5-13(9-14-11-21-14)17(18)10-15-12-22-15/h1-8,14-15H,9-12H2. The normalized spacial score (nSPS) is 22.8. The predicted molar refractivity (Wildman–Crippen MR) is 85.2 cm³/mol. The molecule has 0 N–H and O–H groups in total. The van der Waals surface area contributed by atoms with Crippen LogP contribution in [0.15, 0.2) is 58.3 Å². The van der Waals surface area contributed by atoms with Crippen LogP contribution in [0.1, 0.15) is 11.1 Å². The molecule has 2 aliphatic rings. The lowest BCUT2D eigenvalue weighted by atomic mass is 9.99. The third-order valence-electron chi connectivity index (χ3n) is 4.26. The number of benzene rings is 2. The summed E-state index contributed by atoms with van der Waals surface area (Å²) in [6.07, 6.45) is 1.77. The smallest absolute Gasteiger partial charge is 0.206 e. The average molecular weight is 330 g/mol. The van der Waals surface area contributed by atoms with E-state index in [4.69, 9.17) is 9.47 Å². The van der Waals surface area contributed by atoms with Gasteiger partial charge in [0.2, 0.25) is 9.84 Å². The highest BCUT2D eigenvalue weighted by Crippen LogP contribution is 2.31. The van der Waals surface area contributed by atoms with E-state index in [1.54, 1.807) is 30.3 Å². The largest absolute Gasteiger partial charge is 0.373 e. The Hall–Kier alpha value is -1.69. The van der Waals surface area contributed by atoms with Crippen molar-refractivity contribution in [3.05, 3.63) is 59.7 Å². The summed E-state index contributed by atoms with van der Waals surface area (Å²) in [4.78, 5) is 0.732. The summed E-state index contributed by atoms with van der Waals surface area (Å²) in [5.74, 6) is 0. The topological polar surface area (TPSA) is 59.2 Å². The van der Waals surface area contributed by atoms with Crippen LogP contribution in [0, 0.1) is 0 Å². The zero-order valence-electron chi connectivity index (χ0n) is 12.6. The third-order valence-corrected chi connectivity index (χ3v) is 6.11. The molecular weight excluding hydrogens is 312 g/mol. The Kier molecular flexibility index (Phi) is 3.71. The fourth-order valence-electron chi connectivity index (χ4n) is 2.86. The molecule has 0 radical (unpaired) electrons. The maximum absolute atomic E-state index is 13.0. The van der Waals surface area contributed by atoms with Gasteiger partial charge in [-0.05, 0) is 29.3 Å². The van der Waals surface area contributed by atoms with Crippen LogP contribution in [0.5, 0.6) is 0 Å². The van der Waals surface area contributed by atoms with Crippen LogP contribution in [0.25, 0.3) is 0 Å². The molecule has 120 valence electrons. The van der Waals surface area contributed by atoms with E-state index in [-0.39, 0.29) is 12.2 Å². The minimum atomic E-state index is -3.52. The molecule has 4 nitrogen and oxygen atoms in total. The van der Waals surface area contributed by atoms with Gasteiger partial charge < -0.3 is 9.47 Å². The summed E-state index contributed by atoms with van der Waals surface area (Å²) in [6, 6.07) is 14.1. The Morgan fingerprint density at radius 3 is 2.17 bits per heavy atom. The monoisotopic (exact) mass is 330 g/mol. The van der Waals surface area contributed by atoms with Crippen molar-refractivity contribution in [2.45, 2.75) is 34.8 Å². The van der Waals surface area contributed by atoms with Gasteiger partial charge in [-0.2, -0.15) is 0 Å². The number of ether oxygens (including phenoxy) is 2. The second-order valence-electron chi connectivity index (χ2n) is 6.03. The molecule has 2 aromatic rings. The number of sulfone groups is 1. The van der Waals surface area contributed by atoms with Crippen molar-refractivity contribution in [3.8, 4) is 0 Å². The van der Waals surface area contributed by atoms with Crippen LogP contribution >= 0.6 is 0 Å². The molecule has 0 spiro atoms. The van der Waals surface area contributed by atoms with Crippen LogP contribution in [-0.2, 0) is 32.2 Å². The van der Waals surface area contributed by atoms with Crippen LogP contribution in [0.4, 0.5) is 0 Å². The van der Waals surface area contributed by atoms with Gasteiger partial charge in [0.1, 0.15) is 0 Å². The SMILES string of the molecule is O=S(=O)(c1ccccc1)c1cccc(CC2CO2)c1CC1CO1. The van der Waals surface area contributed by atoms with Gasteiger partial charge in [0.15, 0.2) is 0 Å². The van der Waals surface area contributed by atoms with Crippen molar-refractivity contribution in [3.63, 3.8) is 0 Å². The average Bonchev–Trinajstić information content (AvgIpc) is 3.45. The molecule has 5 heteroatoms. The molecule has 2 unspecified atom stereocenters. The molecule has 2 atom stereocenters. The van der Waals surface area contributed by atoms with Crippen LogP contribution < -0.4 is 0 Å². The van der Waals surface area contributed by atoms with Crippen molar-refractivity contribution in [1.29, 1.82) is 0 Å². The second-order valence-corrected chi connectivity index (χ2v) is 7.95. The fraction of sp³-hybridized carbons (Fsp3) is 0.333. The Labute approximate surface area is 136 Å². The van der Waals surface area contributed by atoms with Crippen molar-refractivity contribution >= 4 is 9.84 Å². The Morgan fingerprint density at radius 1 is 0.870 bits per heavy atom. The summed E-state index contributed by atoms with van der Waals surface area (Å²) >= 11 is 0. The molecule has 2 aromatic carbocycles. The van der Waals surface area contributed by atoms with E-state index in [2.05, 4.69) is 0 Å². The van der Waals surface area contributed by atoms with Gasteiger partial charge in [0.05, 0.1) is 35.2 Å². The van der Waals surface area contributed by atoms with E-state index in [9.17, 15) is 8.42 Å². The van der Waals surface area contributed by atoms with Crippen LogP contribution in [0.2, 0.25) is 0 Å². The first-order chi connectivity index (χ1) is 11.1. The number of epoxide rings is 2. The summed E-state index contributed by atoms with van der Waals surface area (Å²) in [5, 5.41) is 0. The highest BCUT2D eigenvalue weighted by Gasteiger charge is 2.31. The van der Waals surface area contributed by atoms with Crippen molar-refractivity contribution in [2.24, 2.45) is 0 Å². The van der Waals surface area contributed by atoms with Gasteiger partial charge in [-0.15, -0.1) is 0 Å². The number of hydrogen-bond acceptors (Lipinski definition) is 4. The molecule has 0 bridgehead atoms. The quantitative estimate of drug-likeness (QED) is 0.763. The minimum Gasteiger partial charge on any atom is -0.373 e. The molecule has 0 amide bonds. The zero-order chi connectivity index (χ0) is 15.9. The second kappa shape index (κ2) is 5.74. The highest BCUT2D eigenvalue weighted by molar-refractivity contribution is 7.91. The molecular formula is C18H18O4S. The highest BCUT2D eigenvalue weighted by atomic mass is 32.2. The number of rotatable bonds is 6. The minimum absolute atomic E-state index is 0.140. The van der Waals surface area contributed by atoms with Crippen molar-refractivity contribution < 1.29 is 17.9 Å². The van der Waals surface area contributed by atoms with E-state index >= 15 is 0 Å². The van der Waals surface area contributed by atoms with Gasteiger partial charge in [-0.3, -0.25) is 0 Å². The first-order valence-corrected chi connectivity index (χ1v) is 9.27. The maximum Gasteiger partial charge on any atom is 0.206 e. The Morgan fingerprint density at radius 2 is 1.52 bits per heavy atom. The first kappa shape index (κ1) is 14.9. The van der Waals surface area contributed by atoms with Gasteiger partial charge >= 0.3 is 0 Å². The summed E-state index contributed by atoms with van der Waals surface area (Å²) in [5.41, 5.74) is 1.94. The third kappa shape index (κ3) is 3.17. The Balaban J connectivity index is 1.79. The van der Waals surface area contributed by atoms with E-state index < -0.39 is 9.84 Å². The molecule has 2 fully saturated rings. The summed E-state index contributed by atoms with van der Waals surface area (Å²) in [7, 11) is -3.52. The Bertz CT molecular complexity index is 806. The molecule has 23 heavy (non-hydrogen) atoms. The van der Waals surface area contributed by atoms with Gasteiger partial charge in [-0.1, -0.05) is 30.3 Å². The van der Waals surface area contributed by atoms with E-state index in [1.807, 2.05) is 18.2 Å². The summed E-state index contributed by atoms with van der Waals surface area (Å²) in [6.45, 7) is 1.47. The molecule has 2 saturated heterocycles. The molecule has 2 heterocycles. The molecule has 2 aliphatic heterocycles. The lowest BCUT2D eigenvalue weighted by molar-refractivity contribution is 0.400. The summed E-state index contributed by atoms with van der Waals surface area (Å²) < 4.78 is 36.7. The number of hydrogen-bond donors (Lipinski definition) is 0. The predicted octanol–water partition coefficient (Wildman–Crippen LogP) is 2.40. The van der Waals surface area contributed by atoms with E-state index in [0.29, 0.717) is 22.8 Å². The van der Waals surface area contributed by atoms with Gasteiger partial charge in [-0.25, -0.2) is 8.42 Å². The zero-order valence-corrected chi connectivity index (χ0v) is 13.5. The molecule has 0 aliphatic carbocycles. The lowest BCUT2D eigenvalue weighted by Gasteiger charge is -2.14. The van der Waals surface area contributed by atoms with Crippen molar-refractivity contribution in [1.82, 2.24) is 0 Å². The molecule has 0 saturated carbocycles. The van der Waals surface area contributed by atoms with Crippen LogP contribution in [-0.4, -0.2) is 33.8 Å². The van der Waals surface area contributed by atoms with E-state index in [0.717, 1.165) is 24.2 Å². The maximum atomic E-state index is 13.0. The van der Waals surface area contributed by atoms with E-state index in [1.165, 1.54) is 0 Å².